The molecule has 0 saturated heterocycles. The zero-order valence-corrected chi connectivity index (χ0v) is 15.6. The fourth-order valence-corrected chi connectivity index (χ4v) is 3.46. The molecule has 2 rings (SSSR count). The molecule has 1 atom stereocenters. The Kier molecular flexibility index (Phi) is 6.10. The molecule has 10 heteroatoms. The predicted molar refractivity (Wildman–Crippen MR) is 98.6 cm³/mol. The van der Waals surface area contributed by atoms with Gasteiger partial charge in [0.2, 0.25) is 5.43 Å². The summed E-state index contributed by atoms with van der Waals surface area (Å²) < 4.78 is 16.3. The number of benzene rings is 1. The third-order valence-corrected chi connectivity index (χ3v) is 5.28. The number of hydrogen-bond acceptors (Lipinski definition) is 7. The van der Waals surface area contributed by atoms with Crippen LogP contribution >= 0.6 is 7.60 Å². The normalized spacial score (nSPS) is 13.3. The second-order valence-electron chi connectivity index (χ2n) is 5.85. The lowest BCUT2D eigenvalue weighted by Crippen LogP contribution is -2.26. The molecule has 2 aromatic rings. The minimum Gasteiger partial charge on any atom is -0.504 e. The van der Waals surface area contributed by atoms with Gasteiger partial charge < -0.3 is 30.1 Å². The number of nitrogens with one attached hydrogen (secondary N) is 1. The Labute approximate surface area is 154 Å². The van der Waals surface area contributed by atoms with Crippen molar-refractivity contribution in [2.45, 2.75) is 13.8 Å². The Hall–Kier alpha value is -2.61. The van der Waals surface area contributed by atoms with Gasteiger partial charge in [-0.1, -0.05) is 0 Å². The van der Waals surface area contributed by atoms with E-state index in [2.05, 4.69) is 9.84 Å². The third kappa shape index (κ3) is 4.57. The van der Waals surface area contributed by atoms with Crippen molar-refractivity contribution in [2.24, 2.45) is 0 Å². The van der Waals surface area contributed by atoms with Crippen LogP contribution in [0.5, 0.6) is 17.2 Å². The van der Waals surface area contributed by atoms with Crippen LogP contribution in [0.1, 0.15) is 22.8 Å². The van der Waals surface area contributed by atoms with Crippen LogP contribution in [0.4, 0.5) is 0 Å². The molecule has 0 aliphatic carbocycles. The summed E-state index contributed by atoms with van der Waals surface area (Å²) in [5.74, 6) is -2.68. The lowest BCUT2D eigenvalue weighted by Gasteiger charge is -2.11. The smallest absolute Gasteiger partial charge is 0.329 e. The number of hydrogen-bond donors (Lipinski definition) is 5. The van der Waals surface area contributed by atoms with Crippen molar-refractivity contribution in [2.75, 3.05) is 19.3 Å². The van der Waals surface area contributed by atoms with Crippen molar-refractivity contribution in [3.63, 3.8) is 0 Å². The van der Waals surface area contributed by atoms with Gasteiger partial charge in [-0.05, 0) is 43.0 Å². The zero-order valence-electron chi connectivity index (χ0n) is 14.7. The van der Waals surface area contributed by atoms with E-state index in [0.29, 0.717) is 0 Å². The molecule has 0 aliphatic rings. The van der Waals surface area contributed by atoms with Crippen LogP contribution in [-0.2, 0) is 9.09 Å². The first-order valence-corrected chi connectivity index (χ1v) is 9.80. The van der Waals surface area contributed by atoms with Gasteiger partial charge in [-0.15, -0.1) is 0 Å². The average molecular weight is 397 g/mol. The monoisotopic (exact) mass is 397 g/mol. The minimum atomic E-state index is -3.81. The van der Waals surface area contributed by atoms with Gasteiger partial charge in [-0.3, -0.25) is 14.2 Å². The highest BCUT2D eigenvalue weighted by atomic mass is 31.2. The fraction of sp³-hybridized carbons (Fsp3) is 0.294. The molecule has 1 amide bonds. The zero-order chi connectivity index (χ0) is 20.4. The highest BCUT2D eigenvalue weighted by Crippen LogP contribution is 2.40. The molecule has 2 aromatic carbocycles. The summed E-state index contributed by atoms with van der Waals surface area (Å²) in [6.07, 6.45) is -0.307. The lowest BCUT2D eigenvalue weighted by molar-refractivity contribution is 0.0955. The summed E-state index contributed by atoms with van der Waals surface area (Å²) in [4.78, 5) is 34.1. The number of carbonyl (C=O) groups excluding carboxylic acids is 1. The van der Waals surface area contributed by atoms with Crippen LogP contribution in [0.15, 0.2) is 23.0 Å². The van der Waals surface area contributed by atoms with E-state index in [1.54, 1.807) is 6.92 Å². The molecule has 5 N–H and O–H groups in total. The van der Waals surface area contributed by atoms with Crippen LogP contribution in [0.3, 0.4) is 0 Å². The molecule has 27 heavy (non-hydrogen) atoms. The van der Waals surface area contributed by atoms with E-state index in [0.717, 1.165) is 6.07 Å². The van der Waals surface area contributed by atoms with Gasteiger partial charge in [0.15, 0.2) is 17.2 Å². The number of rotatable bonds is 6. The van der Waals surface area contributed by atoms with Crippen LogP contribution in [0.25, 0.3) is 10.8 Å². The van der Waals surface area contributed by atoms with E-state index in [1.165, 1.54) is 19.1 Å². The Bertz CT molecular complexity index is 1000. The minimum absolute atomic E-state index is 0.0536. The van der Waals surface area contributed by atoms with Crippen molar-refractivity contribution < 1.29 is 34.1 Å². The van der Waals surface area contributed by atoms with E-state index >= 15 is 0 Å². The van der Waals surface area contributed by atoms with Crippen molar-refractivity contribution in [3.8, 4) is 17.2 Å². The summed E-state index contributed by atoms with van der Waals surface area (Å²) in [6.45, 7) is 2.95. The average Bonchev–Trinajstić information content (AvgIpc) is 2.69. The van der Waals surface area contributed by atoms with Gasteiger partial charge in [0.1, 0.15) is 0 Å². The van der Waals surface area contributed by atoms with Gasteiger partial charge in [0.05, 0.1) is 18.2 Å². The van der Waals surface area contributed by atoms with Crippen LogP contribution in [0, 0.1) is 6.92 Å². The van der Waals surface area contributed by atoms with Crippen molar-refractivity contribution >= 4 is 24.3 Å². The van der Waals surface area contributed by atoms with Crippen LogP contribution in [0.2, 0.25) is 0 Å². The molecule has 0 aliphatic heterocycles. The first-order valence-electron chi connectivity index (χ1n) is 8.04. The maximum absolute atomic E-state index is 12.3. The fourth-order valence-electron chi connectivity index (χ4n) is 2.53. The highest BCUT2D eigenvalue weighted by Gasteiger charge is 2.19. The number of aromatic hydroxyl groups is 3. The molecule has 0 aromatic heterocycles. The van der Waals surface area contributed by atoms with Gasteiger partial charge >= 0.3 is 7.60 Å². The summed E-state index contributed by atoms with van der Waals surface area (Å²) >= 11 is 0. The first kappa shape index (κ1) is 20.7. The molecular formula is C17H20NO8P. The van der Waals surface area contributed by atoms with E-state index < -0.39 is 36.2 Å². The summed E-state index contributed by atoms with van der Waals surface area (Å²) in [5, 5.41) is 32.0. The van der Waals surface area contributed by atoms with Crippen molar-refractivity contribution in [3.05, 3.63) is 39.5 Å². The Balaban J connectivity index is 2.41. The maximum atomic E-state index is 12.3. The number of carbonyl (C=O) groups is 1. The standard InChI is InChI=1S/C17H20NO8P/c1-3-26-27(24,25)5-4-18-17(23)11-7-10-6-9(2)14(20)16(22)13(10)15(21)12(19)8-11/h6-8,20,22H,3-5H2,1-2H3,(H,18,23)(H,19,21)(H,24,25). The largest absolute Gasteiger partial charge is 0.504 e. The molecule has 0 bridgehead atoms. The molecule has 0 radical (unpaired) electrons. The van der Waals surface area contributed by atoms with Crippen molar-refractivity contribution in [1.29, 1.82) is 0 Å². The van der Waals surface area contributed by atoms with E-state index in [9.17, 15) is 34.4 Å². The molecule has 0 heterocycles. The Morgan fingerprint density at radius 1 is 1.19 bits per heavy atom. The number of fused-ring (bicyclic) bond motifs is 1. The molecule has 0 fully saturated rings. The molecule has 0 saturated carbocycles. The van der Waals surface area contributed by atoms with E-state index in [1.807, 2.05) is 0 Å². The summed E-state index contributed by atoms with van der Waals surface area (Å²) in [7, 11) is -3.81. The number of amides is 1. The Morgan fingerprint density at radius 2 is 1.85 bits per heavy atom. The SMILES string of the molecule is CCOP(=O)(O)CCNC(=O)c1cc(O)c(=O)c2c(O)c(O)c(C)cc2c1. The maximum Gasteiger partial charge on any atom is 0.329 e. The van der Waals surface area contributed by atoms with Crippen molar-refractivity contribution in [1.82, 2.24) is 5.32 Å². The molecular weight excluding hydrogens is 377 g/mol. The third-order valence-electron chi connectivity index (χ3n) is 3.83. The number of phenols is 2. The summed E-state index contributed by atoms with van der Waals surface area (Å²) in [6, 6.07) is 3.57. The molecule has 9 nitrogen and oxygen atoms in total. The van der Waals surface area contributed by atoms with Gasteiger partial charge in [0.25, 0.3) is 5.91 Å². The van der Waals surface area contributed by atoms with Crippen LogP contribution in [-0.4, -0.2) is 45.4 Å². The number of aryl methyl sites for hydroxylation is 1. The van der Waals surface area contributed by atoms with Gasteiger partial charge in [-0.25, -0.2) is 0 Å². The topological polar surface area (TPSA) is 153 Å². The van der Waals surface area contributed by atoms with E-state index in [-0.39, 0.29) is 41.2 Å². The summed E-state index contributed by atoms with van der Waals surface area (Å²) in [5.41, 5.74) is -0.782. The lowest BCUT2D eigenvalue weighted by atomic mass is 10.1. The highest BCUT2D eigenvalue weighted by molar-refractivity contribution is 7.52. The molecule has 1 unspecified atom stereocenters. The molecule has 146 valence electrons. The number of phenolic OH excluding ortho intramolecular Hbond substituents is 2. The molecule has 0 spiro atoms. The van der Waals surface area contributed by atoms with Crippen LogP contribution < -0.4 is 10.7 Å². The van der Waals surface area contributed by atoms with Gasteiger partial charge in [0, 0.05) is 12.1 Å². The Morgan fingerprint density at radius 3 is 2.48 bits per heavy atom. The first-order chi connectivity index (χ1) is 12.6. The predicted octanol–water partition coefficient (Wildman–Crippen LogP) is 1.58. The van der Waals surface area contributed by atoms with E-state index in [4.69, 9.17) is 0 Å². The quantitative estimate of drug-likeness (QED) is 0.364. The second-order valence-corrected chi connectivity index (χ2v) is 7.83. The van der Waals surface area contributed by atoms with Gasteiger partial charge in [-0.2, -0.15) is 0 Å². The second kappa shape index (κ2) is 7.96.